The van der Waals surface area contributed by atoms with Crippen molar-refractivity contribution in [2.24, 2.45) is 23.5 Å². The highest BCUT2D eigenvalue weighted by Crippen LogP contribution is 2.48. The number of carbonyl (C=O) groups is 1. The van der Waals surface area contributed by atoms with E-state index in [1.807, 2.05) is 42.5 Å². The summed E-state index contributed by atoms with van der Waals surface area (Å²) >= 11 is 0. The quantitative estimate of drug-likeness (QED) is 0.550. The molecule has 0 aliphatic heterocycles. The van der Waals surface area contributed by atoms with E-state index >= 15 is 0 Å². The first-order valence-corrected chi connectivity index (χ1v) is 11.6. The van der Waals surface area contributed by atoms with Crippen LogP contribution in [0.25, 0.3) is 0 Å². The molecular formula is C28H33NO3. The topological polar surface area (TPSA) is 83.5 Å². The van der Waals surface area contributed by atoms with Crippen LogP contribution in [0.2, 0.25) is 0 Å². The zero-order chi connectivity index (χ0) is 22.7. The van der Waals surface area contributed by atoms with Gasteiger partial charge in [-0.25, -0.2) is 0 Å². The molecule has 1 saturated carbocycles. The van der Waals surface area contributed by atoms with Crippen molar-refractivity contribution in [3.63, 3.8) is 0 Å². The number of benzene rings is 2. The van der Waals surface area contributed by atoms with Crippen molar-refractivity contribution in [3.05, 3.63) is 94.6 Å². The van der Waals surface area contributed by atoms with Gasteiger partial charge in [0.05, 0.1) is 12.2 Å². The SMILES string of the molecule is Cc1cccc(C[C@H](O)/C=C/[C@@H]2[C@H]3CC(CCc4cccc(C(N)=O)c4)=C[C@H]3C[C@H]2O)c1. The number of allylic oxidation sites excluding steroid dienone is 2. The van der Waals surface area contributed by atoms with Crippen LogP contribution < -0.4 is 5.73 Å². The van der Waals surface area contributed by atoms with Crippen molar-refractivity contribution >= 4 is 5.91 Å². The Morgan fingerprint density at radius 1 is 1.16 bits per heavy atom. The first-order valence-electron chi connectivity index (χ1n) is 11.6. The third-order valence-electron chi connectivity index (χ3n) is 6.98. The number of carbonyl (C=O) groups excluding carboxylic acids is 1. The maximum Gasteiger partial charge on any atom is 0.248 e. The minimum absolute atomic E-state index is 0.0825. The lowest BCUT2D eigenvalue weighted by Gasteiger charge is -2.19. The molecule has 0 heterocycles. The molecule has 4 nitrogen and oxygen atoms in total. The highest BCUT2D eigenvalue weighted by atomic mass is 16.3. The van der Waals surface area contributed by atoms with Gasteiger partial charge in [0.2, 0.25) is 5.91 Å². The van der Waals surface area contributed by atoms with E-state index in [1.54, 1.807) is 6.07 Å². The van der Waals surface area contributed by atoms with Crippen molar-refractivity contribution < 1.29 is 15.0 Å². The summed E-state index contributed by atoms with van der Waals surface area (Å²) in [5.41, 5.74) is 10.8. The normalized spacial score (nSPS) is 25.7. The summed E-state index contributed by atoms with van der Waals surface area (Å²) < 4.78 is 0. The van der Waals surface area contributed by atoms with E-state index < -0.39 is 12.0 Å². The first kappa shape index (κ1) is 22.5. The molecule has 0 unspecified atom stereocenters. The van der Waals surface area contributed by atoms with Crippen LogP contribution in [0.5, 0.6) is 0 Å². The van der Waals surface area contributed by atoms with Gasteiger partial charge in [-0.3, -0.25) is 4.79 Å². The molecule has 2 aromatic rings. The standard InChI is InChI=1S/C28H33NO3/c1-18-4-2-6-20(12-18)15-24(30)10-11-25-26-16-21(14-23(26)17-27(25)31)9-8-19-5-3-7-22(13-19)28(29)32/h2-7,10-14,23-27,30-31H,8-9,15-17H2,1H3,(H2,29,32)/b11-10+/t23-,24+,25+,26-,27+/m0/s1. The Morgan fingerprint density at radius 3 is 2.72 bits per heavy atom. The Morgan fingerprint density at radius 2 is 1.94 bits per heavy atom. The van der Waals surface area contributed by atoms with Gasteiger partial charge in [-0.05, 0) is 67.7 Å². The van der Waals surface area contributed by atoms with Gasteiger partial charge in [-0.2, -0.15) is 0 Å². The van der Waals surface area contributed by atoms with Crippen LogP contribution in [-0.2, 0) is 12.8 Å². The molecule has 4 N–H and O–H groups in total. The Bertz CT molecular complexity index is 1020. The lowest BCUT2D eigenvalue weighted by atomic mass is 9.88. The molecule has 4 rings (SSSR count). The second-order valence-corrected chi connectivity index (χ2v) is 9.45. The third kappa shape index (κ3) is 5.37. The highest BCUT2D eigenvalue weighted by Gasteiger charge is 2.43. The van der Waals surface area contributed by atoms with E-state index in [2.05, 4.69) is 25.1 Å². The molecule has 2 aromatic carbocycles. The fourth-order valence-electron chi connectivity index (χ4n) is 5.38. The number of hydrogen-bond acceptors (Lipinski definition) is 3. The van der Waals surface area contributed by atoms with Crippen LogP contribution in [-0.4, -0.2) is 28.3 Å². The van der Waals surface area contributed by atoms with E-state index in [-0.39, 0.29) is 12.0 Å². The van der Waals surface area contributed by atoms with Gasteiger partial charge in [-0.1, -0.05) is 65.8 Å². The van der Waals surface area contributed by atoms with Gasteiger partial charge in [0.25, 0.3) is 0 Å². The van der Waals surface area contributed by atoms with Crippen LogP contribution in [0, 0.1) is 24.7 Å². The monoisotopic (exact) mass is 431 g/mol. The van der Waals surface area contributed by atoms with Crippen LogP contribution >= 0.6 is 0 Å². The molecule has 0 spiro atoms. The number of aliphatic hydroxyl groups is 2. The second kappa shape index (κ2) is 9.85. The molecule has 0 radical (unpaired) electrons. The van der Waals surface area contributed by atoms with Crippen molar-refractivity contribution in [2.45, 2.75) is 51.2 Å². The van der Waals surface area contributed by atoms with E-state index in [4.69, 9.17) is 5.73 Å². The van der Waals surface area contributed by atoms with Crippen LogP contribution in [0.4, 0.5) is 0 Å². The summed E-state index contributed by atoms with van der Waals surface area (Å²) in [6.45, 7) is 2.06. The number of aliphatic hydroxyl groups excluding tert-OH is 2. The van der Waals surface area contributed by atoms with Crippen LogP contribution in [0.1, 0.15) is 46.3 Å². The number of fused-ring (bicyclic) bond motifs is 1. The van der Waals surface area contributed by atoms with Crippen LogP contribution in [0.15, 0.2) is 72.3 Å². The molecule has 1 fully saturated rings. The summed E-state index contributed by atoms with van der Waals surface area (Å²) in [7, 11) is 0. The van der Waals surface area contributed by atoms with Crippen LogP contribution in [0.3, 0.4) is 0 Å². The second-order valence-electron chi connectivity index (χ2n) is 9.45. The predicted octanol–water partition coefficient (Wildman–Crippen LogP) is 4.13. The van der Waals surface area contributed by atoms with E-state index in [0.29, 0.717) is 23.8 Å². The van der Waals surface area contributed by atoms with Gasteiger partial charge in [-0.15, -0.1) is 0 Å². The molecule has 32 heavy (non-hydrogen) atoms. The molecule has 0 aromatic heterocycles. The van der Waals surface area contributed by atoms with Gasteiger partial charge in [0, 0.05) is 17.9 Å². The molecule has 5 atom stereocenters. The molecule has 0 saturated heterocycles. The Balaban J connectivity index is 1.33. The molecule has 2 aliphatic carbocycles. The molecule has 0 bridgehead atoms. The van der Waals surface area contributed by atoms with Crippen molar-refractivity contribution in [2.75, 3.05) is 0 Å². The van der Waals surface area contributed by atoms with E-state index in [9.17, 15) is 15.0 Å². The fraction of sp³-hybridized carbons (Fsp3) is 0.393. The maximum absolute atomic E-state index is 11.4. The van der Waals surface area contributed by atoms with Crippen molar-refractivity contribution in [1.82, 2.24) is 0 Å². The number of amides is 1. The number of aryl methyl sites for hydroxylation is 2. The number of hydrogen-bond donors (Lipinski definition) is 3. The van der Waals surface area contributed by atoms with Gasteiger partial charge in [0.15, 0.2) is 0 Å². The van der Waals surface area contributed by atoms with Crippen molar-refractivity contribution in [1.29, 1.82) is 0 Å². The average Bonchev–Trinajstić information content (AvgIpc) is 3.27. The van der Waals surface area contributed by atoms with Gasteiger partial charge in [0.1, 0.15) is 0 Å². The first-order chi connectivity index (χ1) is 15.4. The summed E-state index contributed by atoms with van der Waals surface area (Å²) in [5, 5.41) is 21.1. The number of nitrogens with two attached hydrogens (primary N) is 1. The molecular weight excluding hydrogens is 398 g/mol. The molecule has 4 heteroatoms. The summed E-state index contributed by atoms with van der Waals surface area (Å²) in [4.78, 5) is 11.4. The summed E-state index contributed by atoms with van der Waals surface area (Å²) in [6.07, 6.45) is 9.56. The lowest BCUT2D eigenvalue weighted by molar-refractivity contribution is 0.1000. The Hall–Kier alpha value is -2.69. The average molecular weight is 432 g/mol. The zero-order valence-corrected chi connectivity index (χ0v) is 18.7. The van der Waals surface area contributed by atoms with Gasteiger partial charge < -0.3 is 15.9 Å². The van der Waals surface area contributed by atoms with E-state index in [0.717, 1.165) is 36.8 Å². The zero-order valence-electron chi connectivity index (χ0n) is 18.7. The lowest BCUT2D eigenvalue weighted by Crippen LogP contribution is -2.18. The molecule has 168 valence electrons. The predicted molar refractivity (Wildman–Crippen MR) is 127 cm³/mol. The minimum atomic E-state index is -0.547. The minimum Gasteiger partial charge on any atom is -0.392 e. The maximum atomic E-state index is 11.4. The Kier molecular flexibility index (Phi) is 6.92. The highest BCUT2D eigenvalue weighted by molar-refractivity contribution is 5.92. The Labute approximate surface area is 190 Å². The fourth-order valence-corrected chi connectivity index (χ4v) is 5.38. The summed E-state index contributed by atoms with van der Waals surface area (Å²) in [5.74, 6) is 0.494. The van der Waals surface area contributed by atoms with E-state index in [1.165, 1.54) is 11.1 Å². The van der Waals surface area contributed by atoms with Crippen molar-refractivity contribution in [3.8, 4) is 0 Å². The smallest absolute Gasteiger partial charge is 0.248 e. The largest absolute Gasteiger partial charge is 0.392 e. The number of primary amides is 1. The molecule has 1 amide bonds. The summed E-state index contributed by atoms with van der Waals surface area (Å²) in [6, 6.07) is 15.8. The van der Waals surface area contributed by atoms with Gasteiger partial charge >= 0.3 is 0 Å². The molecule has 2 aliphatic rings. The third-order valence-corrected chi connectivity index (χ3v) is 6.98. The number of rotatable bonds is 8.